The third-order valence-electron chi connectivity index (χ3n) is 8.97. The summed E-state index contributed by atoms with van der Waals surface area (Å²) in [6.07, 6.45) is 33.9. The maximum absolute atomic E-state index is 3.76. The zero-order valence-corrected chi connectivity index (χ0v) is 27.9. The van der Waals surface area contributed by atoms with Crippen LogP contribution in [0.15, 0.2) is 0 Å². The smallest absolute Gasteiger partial charge is 0.000663 e. The van der Waals surface area contributed by atoms with E-state index in [-0.39, 0.29) is 0 Å². The van der Waals surface area contributed by atoms with E-state index in [0.717, 1.165) is 0 Å². The lowest BCUT2D eigenvalue weighted by Gasteiger charge is -2.24. The molecule has 4 heteroatoms. The highest BCUT2D eigenvalue weighted by atomic mass is 15.1. The first kappa shape index (κ1) is 37.9. The van der Waals surface area contributed by atoms with E-state index in [1.54, 1.807) is 0 Å². The summed E-state index contributed by atoms with van der Waals surface area (Å²) in [4.78, 5) is 5.52. The molecule has 0 atom stereocenters. The van der Waals surface area contributed by atoms with Crippen LogP contribution in [0, 0.1) is 0 Å². The molecule has 2 N–H and O–H groups in total. The molecule has 240 valence electrons. The summed E-state index contributed by atoms with van der Waals surface area (Å²) < 4.78 is 0. The van der Waals surface area contributed by atoms with Crippen LogP contribution in [-0.4, -0.2) is 75.2 Å². The molecule has 0 aromatic rings. The maximum atomic E-state index is 3.76. The standard InChI is InChI=1S/C36H76N4/c1-3-5-7-9-11-13-15-17-19-21-31-39-33-23-27-37-29-25-35-40(36-26-30-38-28-24-34-39)32-22-20-18-16-14-12-10-8-6-4-2/h37-38H,3-36H2,1-2H3. The topological polar surface area (TPSA) is 30.5 Å². The Morgan fingerprint density at radius 2 is 0.600 bits per heavy atom. The molecule has 0 aromatic carbocycles. The largest absolute Gasteiger partial charge is 0.317 e. The van der Waals surface area contributed by atoms with Gasteiger partial charge in [-0.05, 0) is 104 Å². The van der Waals surface area contributed by atoms with E-state index in [0.29, 0.717) is 0 Å². The van der Waals surface area contributed by atoms with Crippen LogP contribution in [0.1, 0.15) is 168 Å². The molecule has 1 saturated heterocycles. The van der Waals surface area contributed by atoms with Crippen LogP contribution in [0.25, 0.3) is 0 Å². The van der Waals surface area contributed by atoms with Gasteiger partial charge in [-0.3, -0.25) is 0 Å². The summed E-state index contributed by atoms with van der Waals surface area (Å²) in [6.45, 7) is 17.1. The van der Waals surface area contributed by atoms with Crippen LogP contribution in [0.2, 0.25) is 0 Å². The molecule has 0 unspecified atom stereocenters. The molecular formula is C36H76N4. The van der Waals surface area contributed by atoms with Gasteiger partial charge in [-0.25, -0.2) is 0 Å². The van der Waals surface area contributed by atoms with Gasteiger partial charge in [0.2, 0.25) is 0 Å². The first-order valence-corrected chi connectivity index (χ1v) is 18.7. The van der Waals surface area contributed by atoms with Gasteiger partial charge in [0.05, 0.1) is 0 Å². The van der Waals surface area contributed by atoms with Crippen LogP contribution in [0.4, 0.5) is 0 Å². The molecule has 40 heavy (non-hydrogen) atoms. The van der Waals surface area contributed by atoms with Crippen molar-refractivity contribution >= 4 is 0 Å². The van der Waals surface area contributed by atoms with Gasteiger partial charge in [0.15, 0.2) is 0 Å². The van der Waals surface area contributed by atoms with E-state index in [9.17, 15) is 0 Å². The van der Waals surface area contributed by atoms with Gasteiger partial charge in [-0.2, -0.15) is 0 Å². The first-order chi connectivity index (χ1) is 19.9. The number of hydrogen-bond donors (Lipinski definition) is 2. The Balaban J connectivity index is 2.12. The number of nitrogens with one attached hydrogen (secondary N) is 2. The summed E-state index contributed by atoms with van der Waals surface area (Å²) >= 11 is 0. The summed E-state index contributed by atoms with van der Waals surface area (Å²) in [5, 5.41) is 7.52. The van der Waals surface area contributed by atoms with Crippen molar-refractivity contribution in [3.05, 3.63) is 0 Å². The lowest BCUT2D eigenvalue weighted by molar-refractivity contribution is 0.247. The fourth-order valence-electron chi connectivity index (χ4n) is 6.28. The lowest BCUT2D eigenvalue weighted by Crippen LogP contribution is -2.34. The average Bonchev–Trinajstić information content (AvgIpc) is 2.96. The minimum absolute atomic E-state index is 1.19. The predicted octanol–water partition coefficient (Wildman–Crippen LogP) is 9.19. The van der Waals surface area contributed by atoms with E-state index < -0.39 is 0 Å². The Morgan fingerprint density at radius 1 is 0.350 bits per heavy atom. The summed E-state index contributed by atoms with van der Waals surface area (Å²) in [5.74, 6) is 0. The van der Waals surface area contributed by atoms with Crippen LogP contribution in [0.5, 0.6) is 0 Å². The zero-order chi connectivity index (χ0) is 28.6. The molecule has 0 aromatic heterocycles. The SMILES string of the molecule is CCCCCCCCCCCCN1CCCNCCCN(CCCCCCCCCCCC)CCCNCCC1. The Morgan fingerprint density at radius 3 is 0.875 bits per heavy atom. The third-order valence-corrected chi connectivity index (χ3v) is 8.97. The van der Waals surface area contributed by atoms with E-state index in [4.69, 9.17) is 0 Å². The van der Waals surface area contributed by atoms with Crippen molar-refractivity contribution in [2.75, 3.05) is 65.4 Å². The maximum Gasteiger partial charge on any atom is -0.000663 e. The molecule has 1 aliphatic rings. The Labute approximate surface area is 253 Å². The van der Waals surface area contributed by atoms with Gasteiger partial charge < -0.3 is 20.4 Å². The molecule has 1 aliphatic heterocycles. The molecule has 0 saturated carbocycles. The molecule has 0 spiro atoms. The second-order valence-electron chi connectivity index (χ2n) is 13.0. The van der Waals surface area contributed by atoms with Crippen molar-refractivity contribution in [1.29, 1.82) is 0 Å². The van der Waals surface area contributed by atoms with Crippen molar-refractivity contribution in [3.8, 4) is 0 Å². The van der Waals surface area contributed by atoms with Gasteiger partial charge >= 0.3 is 0 Å². The molecular weight excluding hydrogens is 488 g/mol. The molecule has 4 nitrogen and oxygen atoms in total. The highest BCUT2D eigenvalue weighted by Crippen LogP contribution is 2.12. The number of unbranched alkanes of at least 4 members (excludes halogenated alkanes) is 18. The fourth-order valence-corrected chi connectivity index (χ4v) is 6.28. The highest BCUT2D eigenvalue weighted by molar-refractivity contribution is 4.65. The minimum atomic E-state index is 1.19. The monoisotopic (exact) mass is 565 g/mol. The lowest BCUT2D eigenvalue weighted by atomic mass is 10.1. The average molecular weight is 565 g/mol. The van der Waals surface area contributed by atoms with Crippen molar-refractivity contribution in [2.24, 2.45) is 0 Å². The van der Waals surface area contributed by atoms with Crippen LogP contribution >= 0.6 is 0 Å². The van der Waals surface area contributed by atoms with Gasteiger partial charge in [-0.15, -0.1) is 0 Å². The quantitative estimate of drug-likeness (QED) is 0.128. The molecule has 1 heterocycles. The molecule has 0 bridgehead atoms. The van der Waals surface area contributed by atoms with E-state index >= 15 is 0 Å². The van der Waals surface area contributed by atoms with E-state index in [1.807, 2.05) is 0 Å². The van der Waals surface area contributed by atoms with Gasteiger partial charge in [0.1, 0.15) is 0 Å². The summed E-state index contributed by atoms with van der Waals surface area (Å²) in [5.41, 5.74) is 0. The highest BCUT2D eigenvalue weighted by Gasteiger charge is 2.07. The summed E-state index contributed by atoms with van der Waals surface area (Å²) in [7, 11) is 0. The van der Waals surface area contributed by atoms with Gasteiger partial charge in [-0.1, -0.05) is 129 Å². The normalized spacial score (nSPS) is 17.9. The molecule has 0 amide bonds. The van der Waals surface area contributed by atoms with E-state index in [2.05, 4.69) is 34.3 Å². The zero-order valence-electron chi connectivity index (χ0n) is 27.9. The number of nitrogens with zero attached hydrogens (tertiary/aromatic N) is 2. The fraction of sp³-hybridized carbons (Fsp3) is 1.00. The van der Waals surface area contributed by atoms with Crippen LogP contribution < -0.4 is 10.6 Å². The van der Waals surface area contributed by atoms with Gasteiger partial charge in [0, 0.05) is 0 Å². The van der Waals surface area contributed by atoms with Gasteiger partial charge in [0.25, 0.3) is 0 Å². The molecule has 1 rings (SSSR count). The Kier molecular flexibility index (Phi) is 30.1. The Bertz CT molecular complexity index is 414. The second kappa shape index (κ2) is 31.8. The first-order valence-electron chi connectivity index (χ1n) is 18.7. The molecule has 0 aliphatic carbocycles. The van der Waals surface area contributed by atoms with Crippen molar-refractivity contribution in [3.63, 3.8) is 0 Å². The summed E-state index contributed by atoms with van der Waals surface area (Å²) in [6, 6.07) is 0. The number of rotatable bonds is 22. The van der Waals surface area contributed by atoms with Crippen molar-refractivity contribution < 1.29 is 0 Å². The van der Waals surface area contributed by atoms with Crippen LogP contribution in [0.3, 0.4) is 0 Å². The Hall–Kier alpha value is -0.160. The third kappa shape index (κ3) is 26.7. The second-order valence-corrected chi connectivity index (χ2v) is 13.0. The van der Waals surface area contributed by atoms with Crippen LogP contribution in [-0.2, 0) is 0 Å². The van der Waals surface area contributed by atoms with E-state index in [1.165, 1.54) is 220 Å². The molecule has 0 radical (unpaired) electrons. The predicted molar refractivity (Wildman–Crippen MR) is 181 cm³/mol. The van der Waals surface area contributed by atoms with Crippen molar-refractivity contribution in [2.45, 2.75) is 168 Å². The molecule has 1 fully saturated rings. The minimum Gasteiger partial charge on any atom is -0.317 e. The van der Waals surface area contributed by atoms with Crippen molar-refractivity contribution in [1.82, 2.24) is 20.4 Å². The number of hydrogen-bond acceptors (Lipinski definition) is 4.